The number of aryl methyl sites for hydroxylation is 1. The molecule has 0 saturated carbocycles. The number of rotatable bonds is 5. The predicted molar refractivity (Wildman–Crippen MR) is 95.2 cm³/mol. The van der Waals surface area contributed by atoms with E-state index in [1.54, 1.807) is 0 Å². The summed E-state index contributed by atoms with van der Waals surface area (Å²) in [5.74, 6) is 1.01. The largest absolute Gasteiger partial charge is 0.381 e. The topological polar surface area (TPSA) is 61.5 Å². The van der Waals surface area contributed by atoms with Crippen LogP contribution in [0, 0.1) is 5.92 Å². The molecular weight excluding hydrogens is 316 g/mol. The number of ether oxygens (including phenoxy) is 1. The zero-order chi connectivity index (χ0) is 17.1. The number of hydrogen-bond donors (Lipinski definition) is 1. The van der Waals surface area contributed by atoms with Gasteiger partial charge in [0, 0.05) is 57.5 Å². The fourth-order valence-corrected chi connectivity index (χ4v) is 4.77. The van der Waals surface area contributed by atoms with Crippen LogP contribution >= 0.6 is 0 Å². The Bertz CT molecular complexity index is 556. The second kappa shape index (κ2) is 7.87. The third-order valence-electron chi connectivity index (χ3n) is 6.18. The summed E-state index contributed by atoms with van der Waals surface area (Å²) in [5.41, 5.74) is 1.19. The Morgan fingerprint density at radius 2 is 2.04 bits per heavy atom. The number of fused-ring (bicyclic) bond motifs is 4. The molecule has 2 atom stereocenters. The number of aromatic amines is 1. The van der Waals surface area contributed by atoms with E-state index >= 15 is 0 Å². The molecule has 6 heteroatoms. The number of carbonyl (C=O) groups is 1. The number of nitrogens with zero attached hydrogens (tertiary/aromatic N) is 3. The van der Waals surface area contributed by atoms with Crippen LogP contribution in [-0.4, -0.2) is 70.8 Å². The number of aromatic nitrogens is 2. The minimum absolute atomic E-state index is 0.354. The van der Waals surface area contributed by atoms with Crippen molar-refractivity contribution in [3.63, 3.8) is 0 Å². The van der Waals surface area contributed by atoms with E-state index in [1.807, 2.05) is 12.4 Å². The minimum Gasteiger partial charge on any atom is -0.381 e. The Morgan fingerprint density at radius 3 is 2.84 bits per heavy atom. The van der Waals surface area contributed by atoms with Gasteiger partial charge in [-0.05, 0) is 50.0 Å². The zero-order valence-corrected chi connectivity index (χ0v) is 15.0. The van der Waals surface area contributed by atoms with Gasteiger partial charge >= 0.3 is 0 Å². The Hall–Kier alpha value is -1.40. The smallest absolute Gasteiger partial charge is 0.222 e. The fourth-order valence-electron chi connectivity index (χ4n) is 4.77. The molecule has 5 heterocycles. The van der Waals surface area contributed by atoms with Gasteiger partial charge in [0.25, 0.3) is 0 Å². The van der Waals surface area contributed by atoms with E-state index in [9.17, 15) is 4.79 Å². The van der Waals surface area contributed by atoms with Gasteiger partial charge in [-0.15, -0.1) is 0 Å². The summed E-state index contributed by atoms with van der Waals surface area (Å²) in [6.45, 7) is 4.99. The SMILES string of the molecule is O=C(CCCc1cn[nH]c1)N1C[C@@H]2CC[C@H]1CN(C1CCOCC1)C2. The average molecular weight is 346 g/mol. The van der Waals surface area contributed by atoms with Crippen molar-refractivity contribution >= 4 is 5.91 Å². The Morgan fingerprint density at radius 1 is 1.16 bits per heavy atom. The molecule has 5 rings (SSSR count). The zero-order valence-electron chi connectivity index (χ0n) is 15.0. The lowest BCUT2D eigenvalue weighted by atomic mass is 9.94. The monoisotopic (exact) mass is 346 g/mol. The van der Waals surface area contributed by atoms with Crippen LogP contribution in [0.4, 0.5) is 0 Å². The lowest BCUT2D eigenvalue weighted by molar-refractivity contribution is -0.135. The van der Waals surface area contributed by atoms with Gasteiger partial charge in [0.2, 0.25) is 5.91 Å². The number of piperidine rings is 1. The maximum Gasteiger partial charge on any atom is 0.222 e. The number of nitrogens with one attached hydrogen (secondary N) is 1. The molecule has 4 saturated heterocycles. The van der Waals surface area contributed by atoms with Crippen LogP contribution < -0.4 is 0 Å². The highest BCUT2D eigenvalue weighted by Gasteiger charge is 2.38. The first-order valence-electron chi connectivity index (χ1n) is 9.88. The lowest BCUT2D eigenvalue weighted by Crippen LogP contribution is -2.48. The predicted octanol–water partition coefficient (Wildman–Crippen LogP) is 1.83. The molecule has 4 fully saturated rings. The third-order valence-corrected chi connectivity index (χ3v) is 6.18. The molecule has 0 unspecified atom stereocenters. The van der Waals surface area contributed by atoms with Crippen LogP contribution in [0.15, 0.2) is 12.4 Å². The van der Waals surface area contributed by atoms with E-state index in [-0.39, 0.29) is 0 Å². The summed E-state index contributed by atoms with van der Waals surface area (Å²) in [5, 5.41) is 6.81. The van der Waals surface area contributed by atoms with Crippen LogP contribution in [0.2, 0.25) is 0 Å². The highest BCUT2D eigenvalue weighted by molar-refractivity contribution is 5.76. The van der Waals surface area contributed by atoms with E-state index in [1.165, 1.54) is 24.9 Å². The molecule has 6 nitrogen and oxygen atoms in total. The molecule has 1 N–H and O–H groups in total. The molecule has 4 aliphatic rings. The molecule has 1 aromatic rings. The molecule has 4 aliphatic heterocycles. The molecule has 0 aromatic carbocycles. The van der Waals surface area contributed by atoms with Crippen molar-refractivity contribution in [1.82, 2.24) is 20.0 Å². The quantitative estimate of drug-likeness (QED) is 0.884. The molecule has 1 aromatic heterocycles. The molecule has 0 radical (unpaired) electrons. The first-order chi connectivity index (χ1) is 12.3. The average Bonchev–Trinajstić information content (AvgIpc) is 2.99. The minimum atomic E-state index is 0.354. The summed E-state index contributed by atoms with van der Waals surface area (Å²) in [4.78, 5) is 17.7. The maximum absolute atomic E-state index is 12.8. The van der Waals surface area contributed by atoms with Crippen molar-refractivity contribution < 1.29 is 9.53 Å². The van der Waals surface area contributed by atoms with E-state index in [2.05, 4.69) is 20.0 Å². The van der Waals surface area contributed by atoms with Gasteiger partial charge in [-0.3, -0.25) is 14.8 Å². The molecular formula is C19H30N4O2. The van der Waals surface area contributed by atoms with Gasteiger partial charge in [-0.2, -0.15) is 5.10 Å². The Balaban J connectivity index is 1.32. The van der Waals surface area contributed by atoms with Gasteiger partial charge in [0.05, 0.1) is 6.20 Å². The molecule has 138 valence electrons. The Labute approximate surface area is 149 Å². The van der Waals surface area contributed by atoms with Crippen molar-refractivity contribution in [1.29, 1.82) is 0 Å². The van der Waals surface area contributed by atoms with Crippen molar-refractivity contribution in [2.45, 2.75) is 57.0 Å². The van der Waals surface area contributed by atoms with Gasteiger partial charge in [-0.1, -0.05) is 0 Å². The van der Waals surface area contributed by atoms with E-state index in [4.69, 9.17) is 4.74 Å². The number of H-pyrrole nitrogens is 1. The third kappa shape index (κ3) is 4.06. The van der Waals surface area contributed by atoms with Crippen molar-refractivity contribution in [2.75, 3.05) is 32.8 Å². The number of carbonyl (C=O) groups excluding carboxylic acids is 1. The summed E-state index contributed by atoms with van der Waals surface area (Å²) in [6.07, 6.45) is 11.0. The van der Waals surface area contributed by atoms with Crippen LogP contribution in [0.1, 0.15) is 44.1 Å². The maximum atomic E-state index is 12.8. The summed E-state index contributed by atoms with van der Waals surface area (Å²) in [7, 11) is 0. The molecule has 0 aliphatic carbocycles. The normalized spacial score (nSPS) is 28.2. The summed E-state index contributed by atoms with van der Waals surface area (Å²) >= 11 is 0. The summed E-state index contributed by atoms with van der Waals surface area (Å²) < 4.78 is 5.53. The molecule has 1 amide bonds. The standard InChI is InChI=1S/C19H30N4O2/c24-19(3-1-2-15-10-20-21-11-15)23-13-16-4-5-18(23)14-22(12-16)17-6-8-25-9-7-17/h10-11,16-18H,1-9,12-14H2,(H,20,21)/t16-,18+/m1/s1. The van der Waals surface area contributed by atoms with Gasteiger partial charge in [-0.25, -0.2) is 0 Å². The van der Waals surface area contributed by atoms with Crippen LogP contribution in [-0.2, 0) is 16.0 Å². The molecule has 25 heavy (non-hydrogen) atoms. The van der Waals surface area contributed by atoms with Crippen molar-refractivity contribution in [2.24, 2.45) is 5.92 Å². The van der Waals surface area contributed by atoms with E-state index in [0.29, 0.717) is 30.3 Å². The van der Waals surface area contributed by atoms with Crippen LogP contribution in [0.25, 0.3) is 0 Å². The van der Waals surface area contributed by atoms with Crippen molar-refractivity contribution in [3.8, 4) is 0 Å². The highest BCUT2D eigenvalue weighted by atomic mass is 16.5. The van der Waals surface area contributed by atoms with Crippen LogP contribution in [0.3, 0.4) is 0 Å². The first-order valence-corrected chi connectivity index (χ1v) is 9.88. The molecule has 0 spiro atoms. The lowest BCUT2D eigenvalue weighted by Gasteiger charge is -2.37. The Kier molecular flexibility index (Phi) is 5.36. The number of hydrogen-bond acceptors (Lipinski definition) is 4. The number of amides is 1. The van der Waals surface area contributed by atoms with Crippen molar-refractivity contribution in [3.05, 3.63) is 18.0 Å². The van der Waals surface area contributed by atoms with Crippen LogP contribution in [0.5, 0.6) is 0 Å². The molecule has 2 bridgehead atoms. The summed E-state index contributed by atoms with van der Waals surface area (Å²) in [6, 6.07) is 1.08. The second-order valence-electron chi connectivity index (χ2n) is 7.90. The van der Waals surface area contributed by atoms with E-state index in [0.717, 1.165) is 52.0 Å². The second-order valence-corrected chi connectivity index (χ2v) is 7.90. The van der Waals surface area contributed by atoms with Gasteiger partial charge in [0.1, 0.15) is 0 Å². The highest BCUT2D eigenvalue weighted by Crippen LogP contribution is 2.31. The van der Waals surface area contributed by atoms with Gasteiger partial charge < -0.3 is 9.64 Å². The van der Waals surface area contributed by atoms with E-state index < -0.39 is 0 Å². The van der Waals surface area contributed by atoms with Gasteiger partial charge in [0.15, 0.2) is 0 Å². The fraction of sp³-hybridized carbons (Fsp3) is 0.789. The first kappa shape index (κ1) is 17.0.